The summed E-state index contributed by atoms with van der Waals surface area (Å²) in [6, 6.07) is 10.5. The lowest BCUT2D eigenvalue weighted by molar-refractivity contribution is 0.866. The summed E-state index contributed by atoms with van der Waals surface area (Å²) in [5.74, 6) is 1.88. The van der Waals surface area contributed by atoms with Crippen LogP contribution in [0, 0.1) is 6.92 Å². The van der Waals surface area contributed by atoms with E-state index in [0.29, 0.717) is 0 Å². The van der Waals surface area contributed by atoms with Crippen molar-refractivity contribution < 1.29 is 0 Å². The van der Waals surface area contributed by atoms with E-state index in [9.17, 15) is 0 Å². The minimum absolute atomic E-state index is 0.937. The Morgan fingerprint density at radius 2 is 2.00 bits per heavy atom. The Morgan fingerprint density at radius 3 is 2.69 bits per heavy atom. The number of fused-ring (bicyclic) bond motifs is 1. The van der Waals surface area contributed by atoms with Gasteiger partial charge in [0, 0.05) is 11.7 Å². The van der Waals surface area contributed by atoms with Crippen molar-refractivity contribution in [3.63, 3.8) is 0 Å². The van der Waals surface area contributed by atoms with Crippen LogP contribution in [0.15, 0.2) is 30.3 Å². The number of nitrogens with zero attached hydrogens (tertiary/aromatic N) is 3. The van der Waals surface area contributed by atoms with Gasteiger partial charge in [0.25, 0.3) is 0 Å². The van der Waals surface area contributed by atoms with Gasteiger partial charge in [0.05, 0.1) is 4.88 Å². The summed E-state index contributed by atoms with van der Waals surface area (Å²) >= 11 is 1.75. The van der Waals surface area contributed by atoms with Gasteiger partial charge in [-0.3, -0.25) is 0 Å². The van der Waals surface area contributed by atoms with Crippen molar-refractivity contribution in [3.05, 3.63) is 36.2 Å². The minimum atomic E-state index is 0.937. The van der Waals surface area contributed by atoms with E-state index in [-0.39, 0.29) is 0 Å². The Labute approximate surface area is 97.4 Å². The van der Waals surface area contributed by atoms with Crippen LogP contribution in [0.25, 0.3) is 20.8 Å². The molecule has 0 bridgehead atoms. The summed E-state index contributed by atoms with van der Waals surface area (Å²) in [5, 5.41) is 9.55. The van der Waals surface area contributed by atoms with Crippen LogP contribution in [-0.4, -0.2) is 14.8 Å². The second-order valence-electron chi connectivity index (χ2n) is 3.78. The minimum Gasteiger partial charge on any atom is -0.314 e. The molecule has 0 saturated carbocycles. The highest BCUT2D eigenvalue weighted by molar-refractivity contribution is 7.22. The monoisotopic (exact) mass is 229 g/mol. The molecule has 0 unspecified atom stereocenters. The Morgan fingerprint density at radius 1 is 1.19 bits per heavy atom. The summed E-state index contributed by atoms with van der Waals surface area (Å²) in [7, 11) is 2.00. The SMILES string of the molecule is Cc1nnc(-c2cc3ccccc3s2)n1C. The molecule has 0 fully saturated rings. The lowest BCUT2D eigenvalue weighted by atomic mass is 10.2. The zero-order valence-corrected chi connectivity index (χ0v) is 9.95. The molecule has 2 aromatic heterocycles. The predicted octanol–water partition coefficient (Wildman–Crippen LogP) is 3.01. The molecule has 0 aliphatic rings. The van der Waals surface area contributed by atoms with Gasteiger partial charge in [-0.05, 0) is 24.4 Å². The van der Waals surface area contributed by atoms with E-state index < -0.39 is 0 Å². The highest BCUT2D eigenvalue weighted by atomic mass is 32.1. The van der Waals surface area contributed by atoms with E-state index in [2.05, 4.69) is 40.5 Å². The molecule has 0 amide bonds. The van der Waals surface area contributed by atoms with Crippen molar-refractivity contribution in [2.75, 3.05) is 0 Å². The third-order valence-corrected chi connectivity index (χ3v) is 3.85. The van der Waals surface area contributed by atoms with Crippen molar-refractivity contribution in [2.24, 2.45) is 7.05 Å². The Kier molecular flexibility index (Phi) is 2.04. The molecule has 3 aromatic rings. The first-order valence-corrected chi connectivity index (χ1v) is 5.92. The Bertz CT molecular complexity index is 618. The number of thiophene rings is 1. The van der Waals surface area contributed by atoms with Gasteiger partial charge >= 0.3 is 0 Å². The molecule has 80 valence electrons. The van der Waals surface area contributed by atoms with Crippen LogP contribution in [0.1, 0.15) is 5.82 Å². The summed E-state index contributed by atoms with van der Waals surface area (Å²) in [6.45, 7) is 1.96. The summed E-state index contributed by atoms with van der Waals surface area (Å²) in [5.41, 5.74) is 0. The van der Waals surface area contributed by atoms with Crippen molar-refractivity contribution in [1.82, 2.24) is 14.8 Å². The van der Waals surface area contributed by atoms with Gasteiger partial charge in [0.2, 0.25) is 0 Å². The molecule has 0 saturated heterocycles. The number of hydrogen-bond acceptors (Lipinski definition) is 3. The zero-order valence-electron chi connectivity index (χ0n) is 9.14. The lowest BCUT2D eigenvalue weighted by Gasteiger charge is -1.96. The van der Waals surface area contributed by atoms with Gasteiger partial charge in [0.15, 0.2) is 5.82 Å². The quantitative estimate of drug-likeness (QED) is 0.642. The molecular formula is C12H11N3S. The van der Waals surface area contributed by atoms with Gasteiger partial charge in [-0.15, -0.1) is 21.5 Å². The fourth-order valence-corrected chi connectivity index (χ4v) is 2.80. The molecule has 16 heavy (non-hydrogen) atoms. The van der Waals surface area contributed by atoms with E-state index in [1.807, 2.05) is 18.5 Å². The predicted molar refractivity (Wildman–Crippen MR) is 66.6 cm³/mol. The molecular weight excluding hydrogens is 218 g/mol. The Hall–Kier alpha value is -1.68. The fraction of sp³-hybridized carbons (Fsp3) is 0.167. The van der Waals surface area contributed by atoms with Crippen LogP contribution in [0.2, 0.25) is 0 Å². The number of aromatic nitrogens is 3. The largest absolute Gasteiger partial charge is 0.314 e. The normalized spacial score (nSPS) is 11.1. The van der Waals surface area contributed by atoms with Gasteiger partial charge in [-0.2, -0.15) is 0 Å². The summed E-state index contributed by atoms with van der Waals surface area (Å²) < 4.78 is 3.31. The van der Waals surface area contributed by atoms with E-state index in [0.717, 1.165) is 11.6 Å². The number of aryl methyl sites for hydroxylation is 1. The highest BCUT2D eigenvalue weighted by Crippen LogP contribution is 2.32. The second-order valence-corrected chi connectivity index (χ2v) is 4.86. The summed E-state index contributed by atoms with van der Waals surface area (Å²) in [6.07, 6.45) is 0. The smallest absolute Gasteiger partial charge is 0.173 e. The van der Waals surface area contributed by atoms with Gasteiger partial charge in [0.1, 0.15) is 5.82 Å². The van der Waals surface area contributed by atoms with Crippen LogP contribution in [0.5, 0.6) is 0 Å². The van der Waals surface area contributed by atoms with Crippen molar-refractivity contribution >= 4 is 21.4 Å². The zero-order chi connectivity index (χ0) is 11.1. The molecule has 1 aromatic carbocycles. The molecule has 3 nitrogen and oxygen atoms in total. The number of benzene rings is 1. The van der Waals surface area contributed by atoms with Gasteiger partial charge < -0.3 is 4.57 Å². The second kappa shape index (κ2) is 3.42. The number of rotatable bonds is 1. The van der Waals surface area contributed by atoms with Crippen molar-refractivity contribution in [1.29, 1.82) is 0 Å². The van der Waals surface area contributed by atoms with Crippen LogP contribution in [-0.2, 0) is 7.05 Å². The van der Waals surface area contributed by atoms with E-state index in [1.54, 1.807) is 11.3 Å². The third kappa shape index (κ3) is 1.34. The fourth-order valence-electron chi connectivity index (χ4n) is 1.71. The molecule has 3 rings (SSSR count). The van der Waals surface area contributed by atoms with Crippen LogP contribution in [0.4, 0.5) is 0 Å². The number of hydrogen-bond donors (Lipinski definition) is 0. The first-order chi connectivity index (χ1) is 7.75. The van der Waals surface area contributed by atoms with Gasteiger partial charge in [-0.25, -0.2) is 0 Å². The average Bonchev–Trinajstić information content (AvgIpc) is 2.84. The topological polar surface area (TPSA) is 30.7 Å². The maximum absolute atomic E-state index is 4.20. The molecule has 4 heteroatoms. The van der Waals surface area contributed by atoms with Crippen molar-refractivity contribution in [3.8, 4) is 10.7 Å². The summed E-state index contributed by atoms with van der Waals surface area (Å²) in [4.78, 5) is 1.17. The van der Waals surface area contributed by atoms with Crippen LogP contribution >= 0.6 is 11.3 Å². The molecule has 0 radical (unpaired) electrons. The molecule has 0 spiro atoms. The molecule has 0 aliphatic carbocycles. The Balaban J connectivity index is 2.23. The first kappa shape index (κ1) is 9.54. The third-order valence-electron chi connectivity index (χ3n) is 2.74. The van der Waals surface area contributed by atoms with Gasteiger partial charge in [-0.1, -0.05) is 18.2 Å². The van der Waals surface area contributed by atoms with Crippen LogP contribution < -0.4 is 0 Å². The molecule has 0 N–H and O–H groups in total. The van der Waals surface area contributed by atoms with E-state index in [4.69, 9.17) is 0 Å². The molecule has 0 aliphatic heterocycles. The maximum Gasteiger partial charge on any atom is 0.173 e. The van der Waals surface area contributed by atoms with Crippen molar-refractivity contribution in [2.45, 2.75) is 6.92 Å². The highest BCUT2D eigenvalue weighted by Gasteiger charge is 2.10. The molecule has 2 heterocycles. The average molecular weight is 229 g/mol. The van der Waals surface area contributed by atoms with E-state index in [1.165, 1.54) is 15.0 Å². The van der Waals surface area contributed by atoms with E-state index >= 15 is 0 Å². The molecule has 0 atom stereocenters. The standard InChI is InChI=1S/C12H11N3S/c1-8-13-14-12(15(8)2)11-7-9-5-3-4-6-10(9)16-11/h3-7H,1-2H3. The van der Waals surface area contributed by atoms with Crippen LogP contribution in [0.3, 0.4) is 0 Å². The lowest BCUT2D eigenvalue weighted by Crippen LogP contribution is -1.92. The maximum atomic E-state index is 4.20. The first-order valence-electron chi connectivity index (χ1n) is 5.10.